The molecule has 7 heteroatoms. The van der Waals surface area contributed by atoms with Crippen molar-refractivity contribution >= 4 is 29.8 Å². The summed E-state index contributed by atoms with van der Waals surface area (Å²) in [5, 5.41) is 11.4. The van der Waals surface area contributed by atoms with Crippen LogP contribution in [0.25, 0.3) is 0 Å². The van der Waals surface area contributed by atoms with Crippen LogP contribution in [0.3, 0.4) is 0 Å². The normalized spacial score (nSPS) is 12.0. The fourth-order valence-electron chi connectivity index (χ4n) is 2.37. The number of thiophene rings is 1. The molecule has 0 radical (unpaired) electrons. The number of rotatable bonds is 5. The predicted octanol–water partition coefficient (Wildman–Crippen LogP) is 5.07. The summed E-state index contributed by atoms with van der Waals surface area (Å²) in [7, 11) is 0. The Bertz CT molecular complexity index is 959. The van der Waals surface area contributed by atoms with Crippen LogP contribution in [-0.4, -0.2) is 21.1 Å². The van der Waals surface area contributed by atoms with Gasteiger partial charge in [0.15, 0.2) is 5.82 Å². The fraction of sp³-hybridized carbons (Fsp3) is 0.316. The van der Waals surface area contributed by atoms with Crippen LogP contribution in [0.1, 0.15) is 41.9 Å². The lowest BCUT2D eigenvalue weighted by molar-refractivity contribution is 0.290. The minimum atomic E-state index is 0.121. The first-order valence-electron chi connectivity index (χ1n) is 8.33. The maximum absolute atomic E-state index is 5.85. The van der Waals surface area contributed by atoms with Crippen molar-refractivity contribution in [1.82, 2.24) is 14.9 Å². The van der Waals surface area contributed by atoms with Crippen LogP contribution in [0.15, 0.2) is 41.5 Å². The van der Waals surface area contributed by atoms with Gasteiger partial charge in [-0.25, -0.2) is 5.10 Å². The van der Waals surface area contributed by atoms with E-state index in [1.165, 1.54) is 10.4 Å². The Morgan fingerprint density at radius 2 is 1.96 bits per heavy atom. The average Bonchev–Trinajstić information content (AvgIpc) is 3.16. The van der Waals surface area contributed by atoms with Crippen LogP contribution in [0.2, 0.25) is 0 Å². The highest BCUT2D eigenvalue weighted by Crippen LogP contribution is 2.24. The first-order valence-corrected chi connectivity index (χ1v) is 9.56. The number of aromatic amines is 1. The fourth-order valence-corrected chi connectivity index (χ4v) is 3.32. The van der Waals surface area contributed by atoms with Crippen molar-refractivity contribution < 1.29 is 4.74 Å². The van der Waals surface area contributed by atoms with Crippen LogP contribution in [-0.2, 0) is 12.0 Å². The van der Waals surface area contributed by atoms with Gasteiger partial charge in [-0.15, -0.1) is 11.3 Å². The van der Waals surface area contributed by atoms with E-state index in [2.05, 4.69) is 61.2 Å². The predicted molar refractivity (Wildman–Crippen MR) is 109 cm³/mol. The molecule has 0 fully saturated rings. The van der Waals surface area contributed by atoms with E-state index in [0.29, 0.717) is 10.6 Å². The summed E-state index contributed by atoms with van der Waals surface area (Å²) in [6, 6.07) is 12.2. The van der Waals surface area contributed by atoms with E-state index in [1.54, 1.807) is 22.2 Å². The van der Waals surface area contributed by atoms with Crippen molar-refractivity contribution in [2.75, 3.05) is 0 Å². The molecule has 26 heavy (non-hydrogen) atoms. The zero-order valence-corrected chi connectivity index (χ0v) is 16.9. The minimum absolute atomic E-state index is 0.121. The molecule has 1 aromatic carbocycles. The van der Waals surface area contributed by atoms with E-state index < -0.39 is 0 Å². The second-order valence-electron chi connectivity index (χ2n) is 7.01. The standard InChI is InChI=1S/C19H22N4OS2/c1-13-5-10-16(26-13)11-20-23-17(21-22-18(23)25)12-24-15-8-6-14(7-9-15)19(2,3)4/h5-11H,12H2,1-4H3,(H,22,25)/b20-11-. The number of nitrogens with zero attached hydrogens (tertiary/aromatic N) is 3. The number of benzene rings is 1. The van der Waals surface area contributed by atoms with Crippen LogP contribution in [0.4, 0.5) is 0 Å². The molecule has 0 unspecified atom stereocenters. The molecular formula is C19H22N4OS2. The molecule has 0 saturated carbocycles. The number of nitrogens with one attached hydrogen (secondary N) is 1. The van der Waals surface area contributed by atoms with Crippen molar-refractivity contribution in [3.63, 3.8) is 0 Å². The van der Waals surface area contributed by atoms with Gasteiger partial charge < -0.3 is 4.74 Å². The Morgan fingerprint density at radius 3 is 2.58 bits per heavy atom. The van der Waals surface area contributed by atoms with Crippen molar-refractivity contribution in [2.45, 2.75) is 39.7 Å². The molecule has 0 amide bonds. The largest absolute Gasteiger partial charge is 0.486 e. The maximum Gasteiger partial charge on any atom is 0.216 e. The number of aryl methyl sites for hydroxylation is 1. The summed E-state index contributed by atoms with van der Waals surface area (Å²) in [5.41, 5.74) is 1.39. The molecule has 3 aromatic rings. The lowest BCUT2D eigenvalue weighted by Crippen LogP contribution is -2.10. The SMILES string of the molecule is Cc1ccc(/C=N\n2c(COc3ccc(C(C)(C)C)cc3)n[nH]c2=S)s1. The number of hydrogen-bond donors (Lipinski definition) is 1. The Balaban J connectivity index is 1.71. The Hall–Kier alpha value is -2.25. The average molecular weight is 387 g/mol. The first-order chi connectivity index (χ1) is 12.3. The van der Waals surface area contributed by atoms with Gasteiger partial charge in [0.25, 0.3) is 0 Å². The van der Waals surface area contributed by atoms with E-state index in [-0.39, 0.29) is 12.0 Å². The molecule has 136 valence electrons. The number of ether oxygens (including phenoxy) is 1. The van der Waals surface area contributed by atoms with Crippen LogP contribution in [0.5, 0.6) is 5.75 Å². The minimum Gasteiger partial charge on any atom is -0.486 e. The third-order valence-electron chi connectivity index (χ3n) is 3.87. The maximum atomic E-state index is 5.85. The van der Waals surface area contributed by atoms with Gasteiger partial charge in [-0.05, 0) is 54.4 Å². The quantitative estimate of drug-likeness (QED) is 0.492. The second kappa shape index (κ2) is 7.55. The highest BCUT2D eigenvalue weighted by Gasteiger charge is 2.13. The molecule has 2 heterocycles. The van der Waals surface area contributed by atoms with Gasteiger partial charge in [-0.2, -0.15) is 14.9 Å². The van der Waals surface area contributed by atoms with E-state index >= 15 is 0 Å². The van der Waals surface area contributed by atoms with Gasteiger partial charge in [0.1, 0.15) is 12.4 Å². The molecule has 0 spiro atoms. The third-order valence-corrected chi connectivity index (χ3v) is 5.07. The molecule has 1 N–H and O–H groups in total. The summed E-state index contributed by atoms with van der Waals surface area (Å²) in [5.74, 6) is 1.41. The Kier molecular flexibility index (Phi) is 5.38. The third kappa shape index (κ3) is 4.47. The van der Waals surface area contributed by atoms with Gasteiger partial charge in [0, 0.05) is 9.75 Å². The van der Waals surface area contributed by atoms with Gasteiger partial charge in [0.2, 0.25) is 4.77 Å². The summed E-state index contributed by atoms with van der Waals surface area (Å²) in [6.45, 7) is 8.91. The van der Waals surface area contributed by atoms with E-state index in [0.717, 1.165) is 10.6 Å². The van der Waals surface area contributed by atoms with E-state index in [1.807, 2.05) is 18.2 Å². The molecule has 5 nitrogen and oxygen atoms in total. The second-order valence-corrected chi connectivity index (χ2v) is 8.72. The van der Waals surface area contributed by atoms with Crippen molar-refractivity contribution in [2.24, 2.45) is 5.10 Å². The van der Waals surface area contributed by atoms with Gasteiger partial charge in [0.05, 0.1) is 6.21 Å². The summed E-state index contributed by atoms with van der Waals surface area (Å²) in [6.07, 6.45) is 1.78. The van der Waals surface area contributed by atoms with Crippen molar-refractivity contribution in [3.05, 3.63) is 62.3 Å². The Labute approximate surface area is 162 Å². The van der Waals surface area contributed by atoms with Gasteiger partial charge in [-0.1, -0.05) is 32.9 Å². The highest BCUT2D eigenvalue weighted by molar-refractivity contribution is 7.71. The van der Waals surface area contributed by atoms with E-state index in [9.17, 15) is 0 Å². The highest BCUT2D eigenvalue weighted by atomic mass is 32.1. The molecule has 0 aliphatic carbocycles. The molecule has 0 atom stereocenters. The van der Waals surface area contributed by atoms with E-state index in [4.69, 9.17) is 17.0 Å². The lowest BCUT2D eigenvalue weighted by Gasteiger charge is -2.19. The van der Waals surface area contributed by atoms with Gasteiger partial charge >= 0.3 is 0 Å². The number of hydrogen-bond acceptors (Lipinski definition) is 5. The zero-order chi connectivity index (χ0) is 18.7. The Morgan fingerprint density at radius 1 is 1.23 bits per heavy atom. The van der Waals surface area contributed by atoms with Crippen molar-refractivity contribution in [3.8, 4) is 5.75 Å². The van der Waals surface area contributed by atoms with Crippen LogP contribution in [0, 0.1) is 11.7 Å². The molecule has 0 saturated heterocycles. The molecular weight excluding hydrogens is 364 g/mol. The summed E-state index contributed by atoms with van der Waals surface area (Å²) < 4.78 is 7.88. The topological polar surface area (TPSA) is 55.2 Å². The van der Waals surface area contributed by atoms with Crippen molar-refractivity contribution in [1.29, 1.82) is 0 Å². The van der Waals surface area contributed by atoms with Crippen LogP contribution < -0.4 is 4.74 Å². The molecule has 0 aliphatic rings. The summed E-state index contributed by atoms with van der Waals surface area (Å²) in [4.78, 5) is 2.31. The monoisotopic (exact) mass is 386 g/mol. The number of H-pyrrole nitrogens is 1. The molecule has 3 rings (SSSR count). The lowest BCUT2D eigenvalue weighted by atomic mass is 9.87. The van der Waals surface area contributed by atoms with Crippen LogP contribution >= 0.6 is 23.6 Å². The molecule has 0 aliphatic heterocycles. The first kappa shape index (κ1) is 18.5. The smallest absolute Gasteiger partial charge is 0.216 e. The molecule has 0 bridgehead atoms. The van der Waals surface area contributed by atoms with Gasteiger partial charge in [-0.3, -0.25) is 0 Å². The molecule has 2 aromatic heterocycles. The summed E-state index contributed by atoms with van der Waals surface area (Å²) >= 11 is 6.94. The number of aromatic nitrogens is 3. The zero-order valence-electron chi connectivity index (χ0n) is 15.3.